The molecule has 3 heterocycles. The summed E-state index contributed by atoms with van der Waals surface area (Å²) in [7, 11) is 0. The van der Waals surface area contributed by atoms with Gasteiger partial charge >= 0.3 is 0 Å². The van der Waals surface area contributed by atoms with Gasteiger partial charge in [-0.1, -0.05) is 0 Å². The van der Waals surface area contributed by atoms with Gasteiger partial charge in [-0.2, -0.15) is 10.2 Å². The third-order valence-electron chi connectivity index (χ3n) is 4.84. The summed E-state index contributed by atoms with van der Waals surface area (Å²) in [6.45, 7) is 1.89. The molecule has 0 bridgehead atoms. The quantitative estimate of drug-likeness (QED) is 0.455. The van der Waals surface area contributed by atoms with E-state index >= 15 is 0 Å². The Bertz CT molecular complexity index is 1150. The molecule has 1 fully saturated rings. The van der Waals surface area contributed by atoms with Crippen LogP contribution in [0.5, 0.6) is 0 Å². The second-order valence-corrected chi connectivity index (χ2v) is 6.76. The lowest BCUT2D eigenvalue weighted by molar-refractivity contribution is -0.384. The van der Waals surface area contributed by atoms with Crippen LogP contribution in [0.2, 0.25) is 0 Å². The van der Waals surface area contributed by atoms with E-state index < -0.39 is 4.92 Å². The van der Waals surface area contributed by atoms with Crippen LogP contribution < -0.4 is 4.90 Å². The number of oxazole rings is 1. The van der Waals surface area contributed by atoms with Crippen molar-refractivity contribution in [1.82, 2.24) is 9.88 Å². The molecule has 1 aliphatic heterocycles. The van der Waals surface area contributed by atoms with Crippen LogP contribution in [-0.2, 0) is 0 Å². The predicted octanol–water partition coefficient (Wildman–Crippen LogP) is 3.18. The first-order valence-corrected chi connectivity index (χ1v) is 9.46. The number of carbonyl (C=O) groups is 1. The molecule has 4 rings (SSSR count). The number of benzene rings is 1. The minimum absolute atomic E-state index is 0.00648. The van der Waals surface area contributed by atoms with Gasteiger partial charge in [-0.3, -0.25) is 14.9 Å². The monoisotopic (exact) mass is 419 g/mol. The number of nitrogens with zero attached hydrogens (tertiary/aromatic N) is 5. The number of piperazine rings is 1. The molecule has 0 radical (unpaired) electrons. The molecule has 10 heteroatoms. The zero-order valence-corrected chi connectivity index (χ0v) is 16.3. The lowest BCUT2D eigenvalue weighted by Gasteiger charge is -2.34. The number of hydrogen-bond donors (Lipinski definition) is 0. The fourth-order valence-corrected chi connectivity index (χ4v) is 3.23. The molecule has 0 N–H and O–H groups in total. The van der Waals surface area contributed by atoms with Gasteiger partial charge in [-0.05, 0) is 35.9 Å². The number of non-ortho nitro benzene ring substituents is 1. The Labute approximate surface area is 176 Å². The van der Waals surface area contributed by atoms with Crippen molar-refractivity contribution in [1.29, 1.82) is 5.26 Å². The van der Waals surface area contributed by atoms with E-state index in [1.54, 1.807) is 41.3 Å². The Hall–Kier alpha value is -4.39. The van der Waals surface area contributed by atoms with E-state index in [-0.39, 0.29) is 23.2 Å². The molecule has 2 aromatic heterocycles. The van der Waals surface area contributed by atoms with Crippen molar-refractivity contribution in [3.63, 3.8) is 0 Å². The van der Waals surface area contributed by atoms with E-state index in [0.717, 1.165) is 5.56 Å². The molecule has 1 aromatic carbocycles. The van der Waals surface area contributed by atoms with Gasteiger partial charge in [0, 0.05) is 44.4 Å². The highest BCUT2D eigenvalue weighted by atomic mass is 16.6. The summed E-state index contributed by atoms with van der Waals surface area (Å²) in [4.78, 5) is 30.4. The Morgan fingerprint density at radius 1 is 1.16 bits per heavy atom. The first-order chi connectivity index (χ1) is 15.0. The van der Waals surface area contributed by atoms with E-state index in [2.05, 4.69) is 4.98 Å². The Kier molecular flexibility index (Phi) is 5.49. The van der Waals surface area contributed by atoms with Crippen LogP contribution in [0.15, 0.2) is 51.5 Å². The molecule has 10 nitrogen and oxygen atoms in total. The average molecular weight is 419 g/mol. The van der Waals surface area contributed by atoms with Crippen molar-refractivity contribution < 1.29 is 18.6 Å². The summed E-state index contributed by atoms with van der Waals surface area (Å²) in [5.41, 5.74) is 0.898. The molecule has 0 spiro atoms. The predicted molar refractivity (Wildman–Crippen MR) is 110 cm³/mol. The van der Waals surface area contributed by atoms with Crippen LogP contribution in [0, 0.1) is 21.4 Å². The van der Waals surface area contributed by atoms with Crippen LogP contribution in [0.1, 0.15) is 27.7 Å². The zero-order valence-electron chi connectivity index (χ0n) is 16.3. The molecule has 0 unspecified atom stereocenters. The Balaban J connectivity index is 1.43. The molecule has 0 saturated carbocycles. The topological polar surface area (TPSA) is 130 Å². The lowest BCUT2D eigenvalue weighted by atomic mass is 10.2. The van der Waals surface area contributed by atoms with Crippen LogP contribution in [0.25, 0.3) is 12.2 Å². The summed E-state index contributed by atoms with van der Waals surface area (Å²) < 4.78 is 10.9. The van der Waals surface area contributed by atoms with E-state index in [0.29, 0.717) is 37.8 Å². The van der Waals surface area contributed by atoms with Crippen molar-refractivity contribution in [3.05, 3.63) is 75.7 Å². The second kappa shape index (κ2) is 8.54. The highest BCUT2D eigenvalue weighted by Gasteiger charge is 2.27. The SMILES string of the molecule is N#Cc1nc(/C=C/c2ccc([N+](=O)[O-])cc2)oc1N1CCN(C(=O)c2ccco2)CC1. The zero-order chi connectivity index (χ0) is 21.8. The Morgan fingerprint density at radius 3 is 2.52 bits per heavy atom. The average Bonchev–Trinajstić information content (AvgIpc) is 3.48. The summed E-state index contributed by atoms with van der Waals surface area (Å²) in [5.74, 6) is 0.730. The molecule has 3 aromatic rings. The van der Waals surface area contributed by atoms with Gasteiger partial charge in [0.15, 0.2) is 5.76 Å². The van der Waals surface area contributed by atoms with Crippen LogP contribution in [0.3, 0.4) is 0 Å². The summed E-state index contributed by atoms with van der Waals surface area (Å²) >= 11 is 0. The number of furan rings is 1. The fraction of sp³-hybridized carbons (Fsp3) is 0.190. The smallest absolute Gasteiger partial charge is 0.289 e. The van der Waals surface area contributed by atoms with Gasteiger partial charge in [-0.15, -0.1) is 0 Å². The molecular weight excluding hydrogens is 402 g/mol. The molecular formula is C21H17N5O5. The van der Waals surface area contributed by atoms with Crippen LogP contribution in [-0.4, -0.2) is 46.9 Å². The lowest BCUT2D eigenvalue weighted by Crippen LogP contribution is -2.48. The standard InChI is InChI=1S/C21H17N5O5/c22-14-17-21(25-11-9-24(10-12-25)20(27)18-2-1-13-30-18)31-19(23-17)8-5-15-3-6-16(7-4-15)26(28)29/h1-8,13H,9-12H2/b8-5+. The third kappa shape index (κ3) is 4.30. The molecule has 1 aliphatic rings. The molecule has 0 atom stereocenters. The molecule has 1 saturated heterocycles. The Morgan fingerprint density at radius 2 is 1.90 bits per heavy atom. The normalized spacial score (nSPS) is 14.0. The van der Waals surface area contributed by atoms with E-state index in [1.165, 1.54) is 18.4 Å². The maximum absolute atomic E-state index is 12.4. The highest BCUT2D eigenvalue weighted by Crippen LogP contribution is 2.25. The molecule has 156 valence electrons. The second-order valence-electron chi connectivity index (χ2n) is 6.76. The van der Waals surface area contributed by atoms with Gasteiger partial charge in [0.2, 0.25) is 17.5 Å². The number of hydrogen-bond acceptors (Lipinski definition) is 8. The molecule has 1 amide bonds. The highest BCUT2D eigenvalue weighted by molar-refractivity contribution is 5.91. The van der Waals surface area contributed by atoms with Gasteiger partial charge in [0.05, 0.1) is 11.2 Å². The van der Waals surface area contributed by atoms with E-state index in [9.17, 15) is 20.2 Å². The number of anilines is 1. The third-order valence-corrected chi connectivity index (χ3v) is 4.84. The number of nitro groups is 1. The van der Waals surface area contributed by atoms with Gasteiger partial charge in [-0.25, -0.2) is 0 Å². The van der Waals surface area contributed by atoms with E-state index in [1.807, 2.05) is 11.0 Å². The van der Waals surface area contributed by atoms with Crippen molar-refractivity contribution in [3.8, 4) is 6.07 Å². The van der Waals surface area contributed by atoms with Crippen molar-refractivity contribution in [2.45, 2.75) is 0 Å². The maximum Gasteiger partial charge on any atom is 0.289 e. The van der Waals surface area contributed by atoms with Gasteiger partial charge in [0.1, 0.15) is 6.07 Å². The van der Waals surface area contributed by atoms with Gasteiger partial charge in [0.25, 0.3) is 11.6 Å². The minimum atomic E-state index is -0.463. The maximum atomic E-state index is 12.4. The van der Waals surface area contributed by atoms with Crippen molar-refractivity contribution in [2.24, 2.45) is 0 Å². The van der Waals surface area contributed by atoms with Crippen LogP contribution in [0.4, 0.5) is 11.6 Å². The fourth-order valence-electron chi connectivity index (χ4n) is 3.23. The first-order valence-electron chi connectivity index (χ1n) is 9.46. The van der Waals surface area contributed by atoms with Crippen molar-refractivity contribution >= 4 is 29.6 Å². The number of rotatable bonds is 5. The summed E-state index contributed by atoms with van der Waals surface area (Å²) in [6, 6.07) is 11.4. The van der Waals surface area contributed by atoms with Crippen LogP contribution >= 0.6 is 0 Å². The molecule has 31 heavy (non-hydrogen) atoms. The first kappa shape index (κ1) is 19.9. The summed E-state index contributed by atoms with van der Waals surface area (Å²) in [6.07, 6.45) is 4.76. The number of nitriles is 1. The minimum Gasteiger partial charge on any atom is -0.459 e. The summed E-state index contributed by atoms with van der Waals surface area (Å²) in [5, 5.41) is 20.2. The number of amides is 1. The van der Waals surface area contributed by atoms with Crippen molar-refractivity contribution in [2.75, 3.05) is 31.1 Å². The number of aromatic nitrogens is 1. The molecule has 0 aliphatic carbocycles. The van der Waals surface area contributed by atoms with Gasteiger partial charge < -0.3 is 18.6 Å². The van der Waals surface area contributed by atoms with E-state index in [4.69, 9.17) is 8.83 Å². The number of nitro benzene ring substituents is 1. The number of carbonyl (C=O) groups excluding carboxylic acids is 1. The largest absolute Gasteiger partial charge is 0.459 e.